The van der Waals surface area contributed by atoms with E-state index in [4.69, 9.17) is 9.26 Å². The van der Waals surface area contributed by atoms with Crippen LogP contribution < -0.4 is 5.32 Å². The first-order chi connectivity index (χ1) is 8.28. The molecule has 0 spiro atoms. The fraction of sp³-hybridized carbons (Fsp3) is 0.818. The molecule has 2 heterocycles. The van der Waals surface area contributed by atoms with Crippen molar-refractivity contribution in [3.63, 3.8) is 0 Å². The third kappa shape index (κ3) is 2.20. The van der Waals surface area contributed by atoms with Gasteiger partial charge in [-0.05, 0) is 25.2 Å². The maximum absolute atomic E-state index is 9.44. The van der Waals surface area contributed by atoms with Crippen LogP contribution in [-0.2, 0) is 4.74 Å². The fourth-order valence-corrected chi connectivity index (χ4v) is 2.32. The number of hydrogen-bond acceptors (Lipinski definition) is 6. The number of rotatable bonds is 4. The molecule has 3 rings (SSSR count). The summed E-state index contributed by atoms with van der Waals surface area (Å²) in [6, 6.07) is -0.0250. The number of nitrogens with zero attached hydrogens (tertiary/aromatic N) is 2. The molecule has 2 N–H and O–H groups in total. The molecule has 1 aliphatic carbocycles. The predicted octanol–water partition coefficient (Wildman–Crippen LogP) is 0.562. The minimum Gasteiger partial charge on any atom is -0.392 e. The van der Waals surface area contributed by atoms with E-state index in [1.165, 1.54) is 12.8 Å². The number of aromatic nitrogens is 2. The van der Waals surface area contributed by atoms with Crippen molar-refractivity contribution in [1.29, 1.82) is 0 Å². The van der Waals surface area contributed by atoms with E-state index in [-0.39, 0.29) is 18.2 Å². The molecule has 2 aliphatic rings. The standard InChI is InChI=1S/C11H17N3O3/c1-16-9(6-2-3-6)10-13-11(17-14-10)8-4-7(15)5-12-8/h6-9,12,15H,2-5H2,1H3/t7?,8-,9?/m0/s1. The fourth-order valence-electron chi connectivity index (χ4n) is 2.32. The van der Waals surface area contributed by atoms with Crippen LogP contribution in [0.5, 0.6) is 0 Å². The predicted molar refractivity (Wildman–Crippen MR) is 58.1 cm³/mol. The highest BCUT2D eigenvalue weighted by molar-refractivity contribution is 5.02. The summed E-state index contributed by atoms with van der Waals surface area (Å²) >= 11 is 0. The van der Waals surface area contributed by atoms with Crippen LogP contribution in [0, 0.1) is 5.92 Å². The smallest absolute Gasteiger partial charge is 0.243 e. The SMILES string of the molecule is COC(c1noc([C@@H]2CC(O)CN2)n1)C1CC1. The first kappa shape index (κ1) is 11.1. The van der Waals surface area contributed by atoms with Crippen LogP contribution >= 0.6 is 0 Å². The minimum absolute atomic E-state index is 0.0250. The molecule has 6 nitrogen and oxygen atoms in total. The van der Waals surface area contributed by atoms with E-state index in [9.17, 15) is 5.11 Å². The molecule has 1 aromatic rings. The summed E-state index contributed by atoms with van der Waals surface area (Å²) in [7, 11) is 1.68. The number of nitrogens with one attached hydrogen (secondary N) is 1. The zero-order chi connectivity index (χ0) is 11.8. The Morgan fingerprint density at radius 1 is 1.53 bits per heavy atom. The molecule has 0 aromatic carbocycles. The van der Waals surface area contributed by atoms with E-state index in [1.807, 2.05) is 0 Å². The van der Waals surface area contributed by atoms with E-state index >= 15 is 0 Å². The lowest BCUT2D eigenvalue weighted by Crippen LogP contribution is -2.15. The number of aliphatic hydroxyl groups is 1. The van der Waals surface area contributed by atoms with E-state index in [0.717, 1.165) is 0 Å². The van der Waals surface area contributed by atoms with Gasteiger partial charge in [0, 0.05) is 13.7 Å². The van der Waals surface area contributed by atoms with E-state index in [2.05, 4.69) is 15.5 Å². The molecule has 0 radical (unpaired) electrons. The second-order valence-electron chi connectivity index (χ2n) is 4.83. The Balaban J connectivity index is 1.73. The molecule has 1 aliphatic heterocycles. The molecule has 6 heteroatoms. The van der Waals surface area contributed by atoms with Gasteiger partial charge in [0.2, 0.25) is 11.7 Å². The molecule has 2 unspecified atom stereocenters. The highest BCUT2D eigenvalue weighted by Gasteiger charge is 2.36. The van der Waals surface area contributed by atoms with Crippen LogP contribution in [0.3, 0.4) is 0 Å². The molecule has 2 fully saturated rings. The average Bonchev–Trinajstić information content (AvgIpc) is 2.87. The Labute approximate surface area is 99.3 Å². The van der Waals surface area contributed by atoms with Gasteiger partial charge in [-0.2, -0.15) is 4.98 Å². The van der Waals surface area contributed by atoms with Gasteiger partial charge >= 0.3 is 0 Å². The lowest BCUT2D eigenvalue weighted by molar-refractivity contribution is 0.0751. The Hall–Kier alpha value is -0.980. The van der Waals surface area contributed by atoms with Gasteiger partial charge in [0.25, 0.3) is 0 Å². The summed E-state index contributed by atoms with van der Waals surface area (Å²) in [4.78, 5) is 4.38. The molecule has 1 saturated heterocycles. The van der Waals surface area contributed by atoms with Crippen LogP contribution in [0.15, 0.2) is 4.52 Å². The number of β-amino-alcohol motifs (C(OH)–C–C–N with tert-alkyl or cyclic N) is 1. The van der Waals surface area contributed by atoms with Crippen LogP contribution in [0.25, 0.3) is 0 Å². The first-order valence-corrected chi connectivity index (χ1v) is 6.05. The van der Waals surface area contributed by atoms with Crippen molar-refractivity contribution in [3.05, 3.63) is 11.7 Å². The summed E-state index contributed by atoms with van der Waals surface area (Å²) in [6.45, 7) is 0.582. The van der Waals surface area contributed by atoms with Gasteiger partial charge in [-0.15, -0.1) is 0 Å². The van der Waals surface area contributed by atoms with Crippen molar-refractivity contribution in [2.45, 2.75) is 37.5 Å². The zero-order valence-electron chi connectivity index (χ0n) is 9.80. The Kier molecular flexibility index (Phi) is 2.85. The molecule has 94 valence electrons. The van der Waals surface area contributed by atoms with Gasteiger partial charge in [0.1, 0.15) is 6.10 Å². The molecule has 0 bridgehead atoms. The van der Waals surface area contributed by atoms with Gasteiger partial charge in [-0.1, -0.05) is 5.16 Å². The maximum Gasteiger partial charge on any atom is 0.243 e. The lowest BCUT2D eigenvalue weighted by atomic mass is 10.2. The average molecular weight is 239 g/mol. The zero-order valence-corrected chi connectivity index (χ0v) is 9.80. The lowest BCUT2D eigenvalue weighted by Gasteiger charge is -2.08. The van der Waals surface area contributed by atoms with Crippen LogP contribution in [0.1, 0.15) is 43.1 Å². The molecule has 1 saturated carbocycles. The van der Waals surface area contributed by atoms with Crippen molar-refractivity contribution in [1.82, 2.24) is 15.5 Å². The second kappa shape index (κ2) is 4.36. The van der Waals surface area contributed by atoms with E-state index < -0.39 is 0 Å². The third-order valence-corrected chi connectivity index (χ3v) is 3.42. The van der Waals surface area contributed by atoms with Gasteiger partial charge in [0.15, 0.2) is 0 Å². The van der Waals surface area contributed by atoms with Crippen molar-refractivity contribution in [2.75, 3.05) is 13.7 Å². The summed E-state index contributed by atoms with van der Waals surface area (Å²) < 4.78 is 10.6. The number of aliphatic hydroxyl groups excluding tert-OH is 1. The van der Waals surface area contributed by atoms with Crippen LogP contribution in [0.2, 0.25) is 0 Å². The maximum atomic E-state index is 9.44. The number of hydrogen-bond donors (Lipinski definition) is 2. The van der Waals surface area contributed by atoms with Crippen LogP contribution in [0.4, 0.5) is 0 Å². The van der Waals surface area contributed by atoms with Gasteiger partial charge in [-0.3, -0.25) is 0 Å². The highest BCUT2D eigenvalue weighted by Crippen LogP contribution is 2.42. The first-order valence-electron chi connectivity index (χ1n) is 6.05. The summed E-state index contributed by atoms with van der Waals surface area (Å²) in [5.41, 5.74) is 0. The van der Waals surface area contributed by atoms with Crippen molar-refractivity contribution in [3.8, 4) is 0 Å². The largest absolute Gasteiger partial charge is 0.392 e. The molecule has 3 atom stereocenters. The van der Waals surface area contributed by atoms with Crippen molar-refractivity contribution in [2.24, 2.45) is 5.92 Å². The van der Waals surface area contributed by atoms with E-state index in [1.54, 1.807) is 7.11 Å². The summed E-state index contributed by atoms with van der Waals surface area (Å²) in [5.74, 6) is 1.72. The number of ether oxygens (including phenoxy) is 1. The topological polar surface area (TPSA) is 80.4 Å². The van der Waals surface area contributed by atoms with Gasteiger partial charge in [-0.25, -0.2) is 0 Å². The van der Waals surface area contributed by atoms with Crippen molar-refractivity contribution >= 4 is 0 Å². The molecule has 0 amide bonds. The van der Waals surface area contributed by atoms with Gasteiger partial charge < -0.3 is 19.7 Å². The monoisotopic (exact) mass is 239 g/mol. The summed E-state index contributed by atoms with van der Waals surface area (Å²) in [6.07, 6.45) is 2.60. The normalized spacial score (nSPS) is 30.7. The van der Waals surface area contributed by atoms with Crippen molar-refractivity contribution < 1.29 is 14.4 Å². The molecule has 1 aromatic heterocycles. The number of methoxy groups -OCH3 is 1. The second-order valence-corrected chi connectivity index (χ2v) is 4.83. The van der Waals surface area contributed by atoms with Crippen LogP contribution in [-0.4, -0.2) is 35.0 Å². The quantitative estimate of drug-likeness (QED) is 0.799. The summed E-state index contributed by atoms with van der Waals surface area (Å²) in [5, 5.41) is 16.6. The van der Waals surface area contributed by atoms with Gasteiger partial charge in [0.05, 0.1) is 12.1 Å². The van der Waals surface area contributed by atoms with E-state index in [0.29, 0.717) is 30.6 Å². The Bertz CT molecular complexity index is 391. The molecular formula is C11H17N3O3. The highest BCUT2D eigenvalue weighted by atomic mass is 16.5. The molecular weight excluding hydrogens is 222 g/mol. The Morgan fingerprint density at radius 3 is 2.94 bits per heavy atom. The minimum atomic E-state index is -0.322. The molecule has 17 heavy (non-hydrogen) atoms. The Morgan fingerprint density at radius 2 is 2.35 bits per heavy atom. The third-order valence-electron chi connectivity index (χ3n) is 3.42.